The zero-order valence-electron chi connectivity index (χ0n) is 18.0. The third kappa shape index (κ3) is 5.05. The number of halogens is 3. The van der Waals surface area contributed by atoms with E-state index in [0.717, 1.165) is 43.7 Å². The molecule has 2 aliphatic heterocycles. The second kappa shape index (κ2) is 7.79. The van der Waals surface area contributed by atoms with E-state index < -0.39 is 18.2 Å². The number of hydrogen-bond donors (Lipinski definition) is 0. The summed E-state index contributed by atoms with van der Waals surface area (Å²) >= 11 is 1.07. The quantitative estimate of drug-likeness (QED) is 0.635. The van der Waals surface area contributed by atoms with Crippen LogP contribution in [-0.2, 0) is 11.2 Å². The van der Waals surface area contributed by atoms with Crippen LogP contribution < -0.4 is 4.90 Å². The number of thiophene rings is 1. The van der Waals surface area contributed by atoms with Gasteiger partial charge in [0.05, 0.1) is 11.8 Å². The fourth-order valence-corrected chi connectivity index (χ4v) is 5.47. The summed E-state index contributed by atoms with van der Waals surface area (Å²) < 4.78 is 43.9. The summed E-state index contributed by atoms with van der Waals surface area (Å²) in [6, 6.07) is 1.58. The third-order valence-electron chi connectivity index (χ3n) is 5.95. The summed E-state index contributed by atoms with van der Waals surface area (Å²) in [6.07, 6.45) is -1.29. The zero-order valence-corrected chi connectivity index (χ0v) is 18.8. The minimum absolute atomic E-state index is 0.0651. The van der Waals surface area contributed by atoms with Crippen molar-refractivity contribution in [3.63, 3.8) is 0 Å². The van der Waals surface area contributed by atoms with Gasteiger partial charge in [0.1, 0.15) is 22.6 Å². The molecule has 4 rings (SSSR count). The molecule has 2 aliphatic rings. The number of likely N-dealkylation sites (tertiary alicyclic amines) is 1. The number of fused-ring (bicyclic) bond motifs is 1. The molecule has 0 aliphatic carbocycles. The van der Waals surface area contributed by atoms with Gasteiger partial charge >= 0.3 is 12.3 Å². The van der Waals surface area contributed by atoms with Crippen LogP contribution in [0, 0.1) is 5.41 Å². The van der Waals surface area contributed by atoms with Gasteiger partial charge in [-0.05, 0) is 51.5 Å². The Labute approximate surface area is 183 Å². The van der Waals surface area contributed by atoms with Crippen LogP contribution in [0.1, 0.15) is 44.9 Å². The molecule has 4 heterocycles. The average Bonchev–Trinajstić information content (AvgIpc) is 3.23. The second-order valence-electron chi connectivity index (χ2n) is 9.56. The molecule has 0 bridgehead atoms. The summed E-state index contributed by atoms with van der Waals surface area (Å²) in [5.74, 6) is 0.700. The Kier molecular flexibility index (Phi) is 5.56. The highest BCUT2D eigenvalue weighted by Crippen LogP contribution is 2.43. The molecule has 0 N–H and O–H groups in total. The summed E-state index contributed by atoms with van der Waals surface area (Å²) in [5.41, 5.74) is -0.449. The number of alkyl halides is 3. The number of carbonyl (C=O) groups is 1. The fraction of sp³-hybridized carbons (Fsp3) is 0.667. The van der Waals surface area contributed by atoms with E-state index in [1.54, 1.807) is 11.0 Å². The molecule has 0 aromatic carbocycles. The van der Waals surface area contributed by atoms with Gasteiger partial charge in [0.25, 0.3) is 0 Å². The van der Waals surface area contributed by atoms with E-state index in [-0.39, 0.29) is 16.4 Å². The molecule has 0 unspecified atom stereocenters. The Bertz CT molecular complexity index is 962. The van der Waals surface area contributed by atoms with Crippen molar-refractivity contribution < 1.29 is 22.7 Å². The van der Waals surface area contributed by atoms with Crippen LogP contribution in [0.3, 0.4) is 0 Å². The first-order valence-corrected chi connectivity index (χ1v) is 11.3. The Hall–Kier alpha value is -2.10. The molecule has 31 heavy (non-hydrogen) atoms. The number of ether oxygens (including phenoxy) is 1. The van der Waals surface area contributed by atoms with Gasteiger partial charge < -0.3 is 14.5 Å². The molecular weight excluding hydrogens is 429 g/mol. The van der Waals surface area contributed by atoms with E-state index >= 15 is 0 Å². The van der Waals surface area contributed by atoms with E-state index in [1.165, 1.54) is 6.33 Å². The van der Waals surface area contributed by atoms with Crippen LogP contribution in [0.2, 0.25) is 0 Å². The van der Waals surface area contributed by atoms with E-state index in [0.29, 0.717) is 29.1 Å². The highest BCUT2D eigenvalue weighted by Gasteiger charge is 2.43. The molecule has 1 spiro atoms. The van der Waals surface area contributed by atoms with E-state index in [9.17, 15) is 18.0 Å². The lowest BCUT2D eigenvalue weighted by Gasteiger charge is -2.40. The van der Waals surface area contributed by atoms with Gasteiger partial charge in [-0.25, -0.2) is 14.8 Å². The van der Waals surface area contributed by atoms with Gasteiger partial charge in [-0.15, -0.1) is 11.3 Å². The Morgan fingerprint density at radius 3 is 2.48 bits per heavy atom. The molecule has 0 saturated carbocycles. The zero-order chi connectivity index (χ0) is 22.4. The van der Waals surface area contributed by atoms with Crippen molar-refractivity contribution in [3.05, 3.63) is 17.3 Å². The van der Waals surface area contributed by atoms with E-state index in [2.05, 4.69) is 14.9 Å². The molecule has 0 atom stereocenters. The molecule has 10 heteroatoms. The maximum absolute atomic E-state index is 12.8. The number of hydrogen-bond acceptors (Lipinski definition) is 6. The molecule has 6 nitrogen and oxygen atoms in total. The van der Waals surface area contributed by atoms with Crippen LogP contribution in [0.15, 0.2) is 12.4 Å². The van der Waals surface area contributed by atoms with Crippen molar-refractivity contribution in [2.24, 2.45) is 5.41 Å². The minimum Gasteiger partial charge on any atom is -0.444 e. The fourth-order valence-electron chi connectivity index (χ4n) is 4.45. The normalized spacial score (nSPS) is 19.4. The molecule has 2 aromatic rings. The van der Waals surface area contributed by atoms with Gasteiger partial charge in [0.15, 0.2) is 0 Å². The summed E-state index contributed by atoms with van der Waals surface area (Å²) in [7, 11) is 0. The van der Waals surface area contributed by atoms with Crippen molar-refractivity contribution in [2.45, 2.75) is 58.2 Å². The average molecular weight is 457 g/mol. The van der Waals surface area contributed by atoms with Crippen LogP contribution in [-0.4, -0.2) is 58.9 Å². The number of nitrogens with zero attached hydrogens (tertiary/aromatic N) is 4. The molecule has 2 saturated heterocycles. The first-order chi connectivity index (χ1) is 14.4. The second-order valence-corrected chi connectivity index (χ2v) is 10.7. The number of amides is 1. The third-order valence-corrected chi connectivity index (χ3v) is 6.99. The summed E-state index contributed by atoms with van der Waals surface area (Å²) in [4.78, 5) is 25.8. The smallest absolute Gasteiger partial charge is 0.410 e. The van der Waals surface area contributed by atoms with E-state index in [4.69, 9.17) is 4.74 Å². The predicted octanol–water partition coefficient (Wildman–Crippen LogP) is 5.02. The number of anilines is 1. The lowest BCUT2D eigenvalue weighted by atomic mass is 9.78. The van der Waals surface area contributed by atoms with Crippen LogP contribution in [0.5, 0.6) is 0 Å². The number of carbonyl (C=O) groups excluding carboxylic acids is 1. The maximum Gasteiger partial charge on any atom is 0.410 e. The van der Waals surface area contributed by atoms with Crippen LogP contribution in [0.25, 0.3) is 10.2 Å². The first-order valence-electron chi connectivity index (χ1n) is 10.5. The molecule has 2 aromatic heterocycles. The standard InChI is InChI=1S/C21H27F3N4O2S/c1-19(2,3)30-18(29)28-9-6-20(12-28)4-7-27(8-5-20)16-15-10-14(11-21(22,23)24)31-17(15)26-13-25-16/h10,13H,4-9,11-12H2,1-3H3. The number of piperidine rings is 1. The van der Waals surface area contributed by atoms with E-state index in [1.807, 2.05) is 20.8 Å². The van der Waals surface area contributed by atoms with Gasteiger partial charge in [-0.3, -0.25) is 0 Å². The molecule has 1 amide bonds. The molecule has 2 fully saturated rings. The monoisotopic (exact) mass is 456 g/mol. The number of aromatic nitrogens is 2. The molecule has 0 radical (unpaired) electrons. The largest absolute Gasteiger partial charge is 0.444 e. The number of rotatable bonds is 2. The molecule has 170 valence electrons. The predicted molar refractivity (Wildman–Crippen MR) is 113 cm³/mol. The van der Waals surface area contributed by atoms with Gasteiger partial charge in [-0.1, -0.05) is 0 Å². The Morgan fingerprint density at radius 1 is 1.16 bits per heavy atom. The SMILES string of the molecule is CC(C)(C)OC(=O)N1CCC2(CCN(c3ncnc4sc(CC(F)(F)F)cc34)CC2)C1. The first kappa shape index (κ1) is 22.1. The van der Waals surface area contributed by atoms with Crippen LogP contribution >= 0.6 is 11.3 Å². The van der Waals surface area contributed by atoms with Crippen LogP contribution in [0.4, 0.5) is 23.8 Å². The van der Waals surface area contributed by atoms with Crippen molar-refractivity contribution >= 4 is 33.5 Å². The van der Waals surface area contributed by atoms with Gasteiger partial charge in [0.2, 0.25) is 0 Å². The lowest BCUT2D eigenvalue weighted by molar-refractivity contribution is -0.126. The summed E-state index contributed by atoms with van der Waals surface area (Å²) in [6.45, 7) is 8.46. The maximum atomic E-state index is 12.8. The topological polar surface area (TPSA) is 58.6 Å². The lowest BCUT2D eigenvalue weighted by Crippen LogP contribution is -2.43. The van der Waals surface area contributed by atoms with Crippen molar-refractivity contribution in [2.75, 3.05) is 31.1 Å². The highest BCUT2D eigenvalue weighted by molar-refractivity contribution is 7.18. The summed E-state index contributed by atoms with van der Waals surface area (Å²) in [5, 5.41) is 0.685. The van der Waals surface area contributed by atoms with Crippen molar-refractivity contribution in [1.82, 2.24) is 14.9 Å². The molecular formula is C21H27F3N4O2S. The van der Waals surface area contributed by atoms with Gasteiger partial charge in [0, 0.05) is 31.1 Å². The highest BCUT2D eigenvalue weighted by atomic mass is 32.1. The van der Waals surface area contributed by atoms with Crippen molar-refractivity contribution in [3.8, 4) is 0 Å². The van der Waals surface area contributed by atoms with Gasteiger partial charge in [-0.2, -0.15) is 13.2 Å². The minimum atomic E-state index is -4.24. The Balaban J connectivity index is 1.43. The van der Waals surface area contributed by atoms with Crippen molar-refractivity contribution in [1.29, 1.82) is 0 Å². The Morgan fingerprint density at radius 2 is 1.84 bits per heavy atom.